The van der Waals surface area contributed by atoms with Crippen molar-refractivity contribution in [2.75, 3.05) is 16.8 Å². The number of pyridine rings is 2. The van der Waals surface area contributed by atoms with Crippen LogP contribution in [0.4, 0.5) is 16.3 Å². The Bertz CT molecular complexity index is 1190. The normalized spacial score (nSPS) is 11.1. The molecule has 3 rings (SSSR count). The van der Waals surface area contributed by atoms with Gasteiger partial charge in [-0.1, -0.05) is 6.07 Å². The van der Waals surface area contributed by atoms with Gasteiger partial charge >= 0.3 is 6.09 Å². The number of aromatic nitrogens is 2. The number of nitrogens with one attached hydrogen (secondary N) is 1. The molecule has 0 bridgehead atoms. The largest absolute Gasteiger partial charge is 0.443 e. The molecule has 0 fully saturated rings. The molecule has 2 heterocycles. The zero-order valence-corrected chi connectivity index (χ0v) is 21.9. The first-order valence-corrected chi connectivity index (χ1v) is 12.5. The first-order chi connectivity index (χ1) is 16.6. The highest BCUT2D eigenvalue weighted by Crippen LogP contribution is 2.27. The third-order valence-corrected chi connectivity index (χ3v) is 5.96. The van der Waals surface area contributed by atoms with Crippen LogP contribution in [0.15, 0.2) is 59.9 Å². The number of anilines is 2. The average molecular weight is 493 g/mol. The lowest BCUT2D eigenvalue weighted by molar-refractivity contribution is 0.0581. The van der Waals surface area contributed by atoms with Crippen LogP contribution in [0.5, 0.6) is 0 Å². The van der Waals surface area contributed by atoms with E-state index in [9.17, 15) is 9.59 Å². The van der Waals surface area contributed by atoms with Crippen molar-refractivity contribution >= 4 is 35.3 Å². The highest BCUT2D eigenvalue weighted by molar-refractivity contribution is 7.98. The van der Waals surface area contributed by atoms with Crippen molar-refractivity contribution in [1.29, 1.82) is 0 Å². The van der Waals surface area contributed by atoms with E-state index in [0.717, 1.165) is 22.4 Å². The Labute approximate surface area is 211 Å². The van der Waals surface area contributed by atoms with Gasteiger partial charge in [-0.2, -0.15) is 0 Å². The minimum atomic E-state index is -0.592. The number of aryl methyl sites for hydroxylation is 2. The lowest BCUT2D eigenvalue weighted by Crippen LogP contribution is -2.37. The van der Waals surface area contributed by atoms with Gasteiger partial charge in [0.05, 0.1) is 5.56 Å². The molecule has 2 aromatic heterocycles. The van der Waals surface area contributed by atoms with Gasteiger partial charge in [0.2, 0.25) is 0 Å². The van der Waals surface area contributed by atoms with E-state index < -0.39 is 11.7 Å². The van der Waals surface area contributed by atoms with E-state index in [1.165, 1.54) is 16.7 Å². The van der Waals surface area contributed by atoms with Crippen molar-refractivity contribution in [2.45, 2.75) is 57.9 Å². The molecule has 0 spiro atoms. The van der Waals surface area contributed by atoms with Crippen molar-refractivity contribution in [1.82, 2.24) is 9.97 Å². The zero-order valence-electron chi connectivity index (χ0n) is 21.1. The Morgan fingerprint density at radius 2 is 1.74 bits per heavy atom. The Kier molecular flexibility index (Phi) is 8.51. The van der Waals surface area contributed by atoms with E-state index in [1.54, 1.807) is 24.5 Å². The van der Waals surface area contributed by atoms with Crippen molar-refractivity contribution in [2.24, 2.45) is 0 Å². The van der Waals surface area contributed by atoms with Crippen LogP contribution in [0.3, 0.4) is 0 Å². The molecule has 0 aliphatic rings. The van der Waals surface area contributed by atoms with Gasteiger partial charge in [-0.3, -0.25) is 9.69 Å². The number of rotatable bonds is 7. The number of benzene rings is 1. The second-order valence-corrected chi connectivity index (χ2v) is 10.2. The summed E-state index contributed by atoms with van der Waals surface area (Å²) in [5, 5.41) is 3.61. The van der Waals surface area contributed by atoms with Gasteiger partial charge in [0.15, 0.2) is 0 Å². The number of hydrogen-bond acceptors (Lipinski definition) is 6. The molecule has 1 aromatic carbocycles. The molecule has 7 nitrogen and oxygen atoms in total. The molecular weight excluding hydrogens is 460 g/mol. The van der Waals surface area contributed by atoms with Gasteiger partial charge in [-0.25, -0.2) is 14.8 Å². The molecule has 0 saturated heterocycles. The van der Waals surface area contributed by atoms with Crippen LogP contribution < -0.4 is 10.2 Å². The number of carbonyl (C=O) groups is 2. The maximum Gasteiger partial charge on any atom is 0.415 e. The Hall–Kier alpha value is -3.39. The molecule has 2 amide bonds. The Balaban J connectivity index is 1.74. The van der Waals surface area contributed by atoms with Crippen molar-refractivity contribution < 1.29 is 14.3 Å². The van der Waals surface area contributed by atoms with E-state index in [0.29, 0.717) is 28.7 Å². The first-order valence-electron chi connectivity index (χ1n) is 11.5. The summed E-state index contributed by atoms with van der Waals surface area (Å²) in [6.07, 6.45) is 2.91. The summed E-state index contributed by atoms with van der Waals surface area (Å²) in [7, 11) is 0. The maximum atomic E-state index is 13.0. The molecule has 0 aliphatic carbocycles. The summed E-state index contributed by atoms with van der Waals surface area (Å²) in [5.41, 5.74) is 3.80. The zero-order chi connectivity index (χ0) is 25.6. The van der Waals surface area contributed by atoms with Crippen molar-refractivity contribution in [3.63, 3.8) is 0 Å². The molecule has 3 aromatic rings. The minimum absolute atomic E-state index is 0.205. The van der Waals surface area contributed by atoms with Crippen LogP contribution >= 0.6 is 11.8 Å². The van der Waals surface area contributed by atoms with Crippen LogP contribution in [0, 0.1) is 13.8 Å². The van der Waals surface area contributed by atoms with Crippen molar-refractivity contribution in [3.8, 4) is 0 Å². The second-order valence-electron chi connectivity index (χ2n) is 9.22. The first kappa shape index (κ1) is 26.2. The SMILES string of the molecule is CCN(C(=O)OC(C)(C)C)c1cc(CSc2ncccc2C(=O)Nc2cc(C)cc(C)c2)ccn1. The predicted molar refractivity (Wildman–Crippen MR) is 141 cm³/mol. The van der Waals surface area contributed by atoms with Gasteiger partial charge in [-0.15, -0.1) is 11.8 Å². The lowest BCUT2D eigenvalue weighted by atomic mass is 10.1. The predicted octanol–water partition coefficient (Wildman–Crippen LogP) is 6.40. The summed E-state index contributed by atoms with van der Waals surface area (Å²) in [5.74, 6) is 0.874. The van der Waals surface area contributed by atoms with Crippen LogP contribution in [0.2, 0.25) is 0 Å². The number of amides is 2. The van der Waals surface area contributed by atoms with E-state index in [2.05, 4.69) is 21.4 Å². The molecule has 8 heteroatoms. The smallest absolute Gasteiger partial charge is 0.415 e. The molecule has 0 atom stereocenters. The van der Waals surface area contributed by atoms with Crippen LogP contribution in [-0.4, -0.2) is 34.1 Å². The molecule has 0 unspecified atom stereocenters. The van der Waals surface area contributed by atoms with E-state index in [-0.39, 0.29) is 5.91 Å². The third-order valence-electron chi connectivity index (χ3n) is 4.89. The highest BCUT2D eigenvalue weighted by Gasteiger charge is 2.23. The van der Waals surface area contributed by atoms with Crippen LogP contribution in [0.25, 0.3) is 0 Å². The van der Waals surface area contributed by atoms with Gasteiger partial charge in [0.25, 0.3) is 5.91 Å². The molecule has 0 radical (unpaired) electrons. The monoisotopic (exact) mass is 492 g/mol. The number of hydrogen-bond donors (Lipinski definition) is 1. The molecule has 0 saturated carbocycles. The maximum absolute atomic E-state index is 13.0. The molecule has 1 N–H and O–H groups in total. The number of thioether (sulfide) groups is 1. The van der Waals surface area contributed by atoms with Gasteiger partial charge in [-0.05, 0) is 94.6 Å². The number of carbonyl (C=O) groups excluding carboxylic acids is 2. The molecular formula is C27H32N4O3S. The minimum Gasteiger partial charge on any atom is -0.443 e. The fraction of sp³-hybridized carbons (Fsp3) is 0.333. The number of ether oxygens (including phenoxy) is 1. The molecule has 35 heavy (non-hydrogen) atoms. The van der Waals surface area contributed by atoms with E-state index in [4.69, 9.17) is 4.74 Å². The van der Waals surface area contributed by atoms with E-state index >= 15 is 0 Å². The summed E-state index contributed by atoms with van der Waals surface area (Å²) in [4.78, 5) is 35.9. The summed E-state index contributed by atoms with van der Waals surface area (Å²) in [6.45, 7) is 11.8. The Morgan fingerprint density at radius 1 is 1.03 bits per heavy atom. The summed E-state index contributed by atoms with van der Waals surface area (Å²) in [6, 6.07) is 13.2. The molecule has 184 valence electrons. The fourth-order valence-electron chi connectivity index (χ4n) is 3.48. The van der Waals surface area contributed by atoms with Gasteiger partial charge in [0, 0.05) is 30.4 Å². The topological polar surface area (TPSA) is 84.4 Å². The number of nitrogens with zero attached hydrogens (tertiary/aromatic N) is 3. The van der Waals surface area contributed by atoms with E-state index in [1.807, 2.05) is 65.8 Å². The molecule has 0 aliphatic heterocycles. The fourth-order valence-corrected chi connectivity index (χ4v) is 4.41. The standard InChI is InChI=1S/C27H32N4O3S/c1-7-31(26(33)34-27(4,5)6)23-16-20(10-12-28-23)17-35-25-22(9-8-11-29-25)24(32)30-21-14-18(2)13-19(3)15-21/h8-16H,7,17H2,1-6H3,(H,30,32). The average Bonchev–Trinajstić information content (AvgIpc) is 2.77. The summed E-state index contributed by atoms with van der Waals surface area (Å²) >= 11 is 1.46. The van der Waals surface area contributed by atoms with Gasteiger partial charge < -0.3 is 10.1 Å². The third kappa shape index (κ3) is 7.55. The van der Waals surface area contributed by atoms with Crippen molar-refractivity contribution in [3.05, 3.63) is 77.1 Å². The van der Waals surface area contributed by atoms with Gasteiger partial charge in [0.1, 0.15) is 16.4 Å². The summed E-state index contributed by atoms with van der Waals surface area (Å²) < 4.78 is 5.51. The van der Waals surface area contributed by atoms with Crippen LogP contribution in [-0.2, 0) is 10.5 Å². The highest BCUT2D eigenvalue weighted by atomic mass is 32.2. The quantitative estimate of drug-likeness (QED) is 0.384. The Morgan fingerprint density at radius 3 is 2.40 bits per heavy atom. The van der Waals surface area contributed by atoms with Crippen LogP contribution in [0.1, 0.15) is 54.7 Å². The lowest BCUT2D eigenvalue weighted by Gasteiger charge is -2.26. The second kappa shape index (κ2) is 11.4.